The Balaban J connectivity index is 1.93. The second-order valence-corrected chi connectivity index (χ2v) is 8.52. The lowest BCUT2D eigenvalue weighted by Gasteiger charge is -2.23. The molecule has 0 amide bonds. The van der Waals surface area contributed by atoms with Gasteiger partial charge in [-0.1, -0.05) is 18.0 Å². The highest BCUT2D eigenvalue weighted by molar-refractivity contribution is 7.92. The van der Waals surface area contributed by atoms with Gasteiger partial charge in [-0.25, -0.2) is 14.2 Å². The molecule has 1 aromatic carbocycles. The summed E-state index contributed by atoms with van der Waals surface area (Å²) in [7, 11) is -2.83. The van der Waals surface area contributed by atoms with E-state index in [-0.39, 0.29) is 17.0 Å². The van der Waals surface area contributed by atoms with Crippen LogP contribution in [0.15, 0.2) is 23.5 Å². The van der Waals surface area contributed by atoms with Gasteiger partial charge in [-0.05, 0) is 31.7 Å². The fourth-order valence-electron chi connectivity index (χ4n) is 3.03. The second-order valence-electron chi connectivity index (χ2n) is 6.57. The predicted molar refractivity (Wildman–Crippen MR) is 99.9 cm³/mol. The molecule has 1 saturated carbocycles. The second kappa shape index (κ2) is 7.96. The first-order valence-electron chi connectivity index (χ1n) is 8.62. The Morgan fingerprint density at radius 2 is 2.04 bits per heavy atom. The summed E-state index contributed by atoms with van der Waals surface area (Å²) >= 11 is 5.90. The molecule has 1 aromatic heterocycles. The Morgan fingerprint density at radius 1 is 1.36 bits per heavy atom. The van der Waals surface area contributed by atoms with Crippen LogP contribution < -0.4 is 9.46 Å². The van der Waals surface area contributed by atoms with Gasteiger partial charge in [0, 0.05) is 13.1 Å². The maximum Gasteiger partial charge on any atom is 0.337 e. The standard InChI is InChI=1S/C17H19ClFN3O5S/c1-22-9-20-16(15(22)18)28(25,26)21-13-8-12(19)14(7-11(13)17(23)24)27-10-5-3-2-4-6-10/h7-10,21H,2-6H2,1H3,(H,23,24). The number of imidazole rings is 1. The minimum absolute atomic E-state index is 0.165. The molecule has 1 aliphatic carbocycles. The number of benzene rings is 1. The van der Waals surface area contributed by atoms with Gasteiger partial charge in [0.1, 0.15) is 5.15 Å². The molecule has 0 bridgehead atoms. The van der Waals surface area contributed by atoms with E-state index in [2.05, 4.69) is 4.98 Å². The first-order chi connectivity index (χ1) is 13.2. The molecule has 1 heterocycles. The van der Waals surface area contributed by atoms with Crippen LogP contribution in [0.4, 0.5) is 10.1 Å². The molecule has 1 aliphatic rings. The van der Waals surface area contributed by atoms with E-state index in [9.17, 15) is 22.7 Å². The zero-order valence-electron chi connectivity index (χ0n) is 15.0. The van der Waals surface area contributed by atoms with Gasteiger partial charge < -0.3 is 14.4 Å². The van der Waals surface area contributed by atoms with Crippen LogP contribution in [0.1, 0.15) is 42.5 Å². The minimum atomic E-state index is -4.32. The van der Waals surface area contributed by atoms with E-state index in [0.717, 1.165) is 44.2 Å². The third-order valence-electron chi connectivity index (χ3n) is 4.48. The van der Waals surface area contributed by atoms with E-state index in [1.165, 1.54) is 17.9 Å². The largest absolute Gasteiger partial charge is 0.487 e. The number of halogens is 2. The molecule has 2 N–H and O–H groups in total. The smallest absolute Gasteiger partial charge is 0.337 e. The number of rotatable bonds is 6. The molecule has 2 aromatic rings. The molecule has 3 rings (SSSR count). The van der Waals surface area contributed by atoms with Crippen LogP contribution in [-0.4, -0.2) is 35.1 Å². The van der Waals surface area contributed by atoms with Gasteiger partial charge in [0.15, 0.2) is 11.6 Å². The van der Waals surface area contributed by atoms with Crippen molar-refractivity contribution in [2.24, 2.45) is 7.05 Å². The van der Waals surface area contributed by atoms with Crippen molar-refractivity contribution >= 4 is 33.3 Å². The third kappa shape index (κ3) is 4.22. The SMILES string of the molecule is Cn1cnc(S(=O)(=O)Nc2cc(F)c(OC3CCCCC3)cc2C(=O)O)c1Cl. The summed E-state index contributed by atoms with van der Waals surface area (Å²) in [4.78, 5) is 15.3. The molecule has 0 aliphatic heterocycles. The maximum absolute atomic E-state index is 14.5. The molecule has 1 fully saturated rings. The summed E-state index contributed by atoms with van der Waals surface area (Å²) in [6, 6.07) is 1.78. The highest BCUT2D eigenvalue weighted by Crippen LogP contribution is 2.31. The molecule has 0 unspecified atom stereocenters. The number of nitrogens with zero attached hydrogens (tertiary/aromatic N) is 2. The Labute approximate surface area is 166 Å². The molecular weight excluding hydrogens is 413 g/mol. The molecule has 152 valence electrons. The Kier molecular flexibility index (Phi) is 5.80. The van der Waals surface area contributed by atoms with E-state index in [1.54, 1.807) is 0 Å². The van der Waals surface area contributed by atoms with Crippen LogP contribution in [0.25, 0.3) is 0 Å². The zero-order valence-corrected chi connectivity index (χ0v) is 16.6. The number of aromatic nitrogens is 2. The number of carboxylic acids is 1. The van der Waals surface area contributed by atoms with Crippen molar-refractivity contribution in [1.29, 1.82) is 0 Å². The number of aryl methyl sites for hydroxylation is 1. The number of hydrogen-bond donors (Lipinski definition) is 2. The molecule has 28 heavy (non-hydrogen) atoms. The van der Waals surface area contributed by atoms with Gasteiger partial charge in [-0.15, -0.1) is 0 Å². The van der Waals surface area contributed by atoms with E-state index >= 15 is 0 Å². The van der Waals surface area contributed by atoms with Crippen molar-refractivity contribution in [2.75, 3.05) is 4.72 Å². The van der Waals surface area contributed by atoms with E-state index in [1.807, 2.05) is 4.72 Å². The van der Waals surface area contributed by atoms with Crippen LogP contribution >= 0.6 is 11.6 Å². The van der Waals surface area contributed by atoms with Crippen molar-refractivity contribution in [3.8, 4) is 5.75 Å². The van der Waals surface area contributed by atoms with Gasteiger partial charge in [0.05, 0.1) is 23.7 Å². The number of hydrogen-bond acceptors (Lipinski definition) is 5. The predicted octanol–water partition coefficient (Wildman–Crippen LogP) is 3.42. The molecule has 0 saturated heterocycles. The fourth-order valence-corrected chi connectivity index (χ4v) is 4.54. The van der Waals surface area contributed by atoms with Crippen molar-refractivity contribution in [1.82, 2.24) is 9.55 Å². The first kappa shape index (κ1) is 20.4. The molecule has 0 radical (unpaired) electrons. The normalized spacial score (nSPS) is 15.4. The van der Waals surface area contributed by atoms with E-state index < -0.39 is 38.1 Å². The molecule has 0 spiro atoms. The van der Waals surface area contributed by atoms with Crippen LogP contribution in [-0.2, 0) is 17.1 Å². The number of ether oxygens (including phenoxy) is 1. The number of carbonyl (C=O) groups is 1. The highest BCUT2D eigenvalue weighted by atomic mass is 35.5. The molecular formula is C17H19ClFN3O5S. The van der Waals surface area contributed by atoms with Gasteiger partial charge >= 0.3 is 5.97 Å². The third-order valence-corrected chi connectivity index (χ3v) is 6.34. The number of aromatic carboxylic acids is 1. The van der Waals surface area contributed by atoms with Crippen molar-refractivity contribution in [3.63, 3.8) is 0 Å². The van der Waals surface area contributed by atoms with Crippen molar-refractivity contribution in [3.05, 3.63) is 35.0 Å². The number of nitrogens with one attached hydrogen (secondary N) is 1. The van der Waals surface area contributed by atoms with Crippen LogP contribution in [0.2, 0.25) is 5.15 Å². The monoisotopic (exact) mass is 431 g/mol. The van der Waals surface area contributed by atoms with E-state index in [0.29, 0.717) is 0 Å². The Hall–Kier alpha value is -2.33. The van der Waals surface area contributed by atoms with Gasteiger partial charge in [-0.3, -0.25) is 4.72 Å². The lowest BCUT2D eigenvalue weighted by Crippen LogP contribution is -2.21. The molecule has 8 nitrogen and oxygen atoms in total. The summed E-state index contributed by atoms with van der Waals surface area (Å²) in [6.07, 6.45) is 5.51. The van der Waals surface area contributed by atoms with Crippen LogP contribution in [0, 0.1) is 5.82 Å². The summed E-state index contributed by atoms with van der Waals surface area (Å²) < 4.78 is 48.5. The average molecular weight is 432 g/mol. The van der Waals surface area contributed by atoms with Crippen molar-refractivity contribution < 1.29 is 27.4 Å². The lowest BCUT2D eigenvalue weighted by atomic mass is 9.98. The summed E-state index contributed by atoms with van der Waals surface area (Å²) in [6.45, 7) is 0. The van der Waals surface area contributed by atoms with E-state index in [4.69, 9.17) is 16.3 Å². The summed E-state index contributed by atoms with van der Waals surface area (Å²) in [5.41, 5.74) is -0.884. The molecule has 0 atom stereocenters. The zero-order chi connectivity index (χ0) is 20.5. The quantitative estimate of drug-likeness (QED) is 0.725. The molecule has 11 heteroatoms. The average Bonchev–Trinajstić information content (AvgIpc) is 2.97. The van der Waals surface area contributed by atoms with Crippen LogP contribution in [0.3, 0.4) is 0 Å². The highest BCUT2D eigenvalue weighted by Gasteiger charge is 2.26. The van der Waals surface area contributed by atoms with Crippen LogP contribution in [0.5, 0.6) is 5.75 Å². The number of carboxylic acid groups (broad SMARTS) is 1. The Bertz CT molecular complexity index is 1000. The van der Waals surface area contributed by atoms with Crippen molar-refractivity contribution in [2.45, 2.75) is 43.2 Å². The van der Waals surface area contributed by atoms with Gasteiger partial charge in [-0.2, -0.15) is 8.42 Å². The first-order valence-corrected chi connectivity index (χ1v) is 10.5. The lowest BCUT2D eigenvalue weighted by molar-refractivity contribution is 0.0696. The van der Waals surface area contributed by atoms with Gasteiger partial charge in [0.25, 0.3) is 10.0 Å². The number of sulfonamides is 1. The summed E-state index contributed by atoms with van der Waals surface area (Å²) in [5, 5.41) is 8.80. The summed E-state index contributed by atoms with van der Waals surface area (Å²) in [5.74, 6) is -2.51. The number of anilines is 1. The topological polar surface area (TPSA) is 111 Å². The fraction of sp³-hybridized carbons (Fsp3) is 0.412. The minimum Gasteiger partial charge on any atom is -0.487 e. The maximum atomic E-state index is 14.5. The van der Waals surface area contributed by atoms with Gasteiger partial charge in [0.2, 0.25) is 5.03 Å². The Morgan fingerprint density at radius 3 is 2.61 bits per heavy atom.